The van der Waals surface area contributed by atoms with Crippen LogP contribution >= 0.6 is 11.6 Å². The summed E-state index contributed by atoms with van der Waals surface area (Å²) in [5.41, 5.74) is 3.72. The van der Waals surface area contributed by atoms with E-state index in [2.05, 4.69) is 10.6 Å². The van der Waals surface area contributed by atoms with Crippen LogP contribution in [0.2, 0.25) is 5.02 Å². The van der Waals surface area contributed by atoms with E-state index in [0.29, 0.717) is 10.6 Å². The van der Waals surface area contributed by atoms with Crippen molar-refractivity contribution in [2.45, 2.75) is 0 Å². The van der Waals surface area contributed by atoms with E-state index >= 15 is 0 Å². The Morgan fingerprint density at radius 3 is 2.55 bits per heavy atom. The zero-order valence-corrected chi connectivity index (χ0v) is 13.6. The van der Waals surface area contributed by atoms with Crippen molar-refractivity contribution in [3.05, 3.63) is 59.1 Å². The number of hydrogen-bond acceptors (Lipinski definition) is 1. The first kappa shape index (κ1) is 14.7. The van der Waals surface area contributed by atoms with Crippen LogP contribution in [0, 0.1) is 0 Å². The van der Waals surface area contributed by atoms with Gasteiger partial charge in [0.2, 0.25) is 0 Å². The molecule has 0 spiro atoms. The van der Waals surface area contributed by atoms with Crippen LogP contribution < -0.4 is 0 Å². The highest BCUT2D eigenvalue weighted by Crippen LogP contribution is 2.31. The van der Waals surface area contributed by atoms with Crippen LogP contribution in [0.15, 0.2) is 48.5 Å². The summed E-state index contributed by atoms with van der Waals surface area (Å²) < 4.78 is 2.09. The Hall–Kier alpha value is -2.26. The van der Waals surface area contributed by atoms with Crippen LogP contribution in [0.25, 0.3) is 22.2 Å². The van der Waals surface area contributed by atoms with Crippen molar-refractivity contribution in [1.82, 2.24) is 9.47 Å². The summed E-state index contributed by atoms with van der Waals surface area (Å²) in [4.78, 5) is 14.0. The van der Waals surface area contributed by atoms with E-state index in [4.69, 9.17) is 11.6 Å². The third-order valence-electron chi connectivity index (χ3n) is 3.84. The van der Waals surface area contributed by atoms with Crippen molar-refractivity contribution < 1.29 is 4.79 Å². The van der Waals surface area contributed by atoms with Gasteiger partial charge in [0.15, 0.2) is 0 Å². The molecule has 3 nitrogen and oxygen atoms in total. The average molecular weight is 313 g/mol. The summed E-state index contributed by atoms with van der Waals surface area (Å²) >= 11 is 6.08. The van der Waals surface area contributed by atoms with Crippen molar-refractivity contribution in [2.24, 2.45) is 7.05 Å². The van der Waals surface area contributed by atoms with E-state index in [0.717, 1.165) is 22.2 Å². The first-order valence-corrected chi connectivity index (χ1v) is 7.43. The fraction of sp³-hybridized carbons (Fsp3) is 0.167. The first-order valence-electron chi connectivity index (χ1n) is 7.05. The fourth-order valence-electron chi connectivity index (χ4n) is 2.71. The standard InChI is InChI=1S/C18H17ClN2O/c1-20(2)18(22)15-7-5-4-6-14(15)17-11-12-10-13(19)8-9-16(12)21(17)3/h4-11H,1-3H3. The summed E-state index contributed by atoms with van der Waals surface area (Å²) in [6.45, 7) is 0. The molecule has 3 aromatic rings. The SMILES string of the molecule is CN(C)C(=O)c1ccccc1-c1cc2cc(Cl)ccc2n1C. The molecule has 0 saturated carbocycles. The molecule has 1 amide bonds. The molecule has 0 bridgehead atoms. The van der Waals surface area contributed by atoms with Gasteiger partial charge in [-0.15, -0.1) is 0 Å². The number of nitrogens with zero attached hydrogens (tertiary/aromatic N) is 2. The maximum Gasteiger partial charge on any atom is 0.254 e. The van der Waals surface area contributed by atoms with Gasteiger partial charge in [0.05, 0.1) is 0 Å². The molecule has 0 aliphatic rings. The number of carbonyl (C=O) groups is 1. The second-order valence-corrected chi connectivity index (χ2v) is 5.97. The molecule has 0 N–H and O–H groups in total. The molecule has 0 radical (unpaired) electrons. The number of amides is 1. The lowest BCUT2D eigenvalue weighted by atomic mass is 10.0. The van der Waals surface area contributed by atoms with Crippen LogP contribution in [0.1, 0.15) is 10.4 Å². The van der Waals surface area contributed by atoms with Gasteiger partial charge < -0.3 is 9.47 Å². The van der Waals surface area contributed by atoms with Gasteiger partial charge in [-0.3, -0.25) is 4.79 Å². The Morgan fingerprint density at radius 1 is 1.09 bits per heavy atom. The van der Waals surface area contributed by atoms with Crippen molar-refractivity contribution in [2.75, 3.05) is 14.1 Å². The van der Waals surface area contributed by atoms with Crippen LogP contribution in [-0.4, -0.2) is 29.5 Å². The Bertz CT molecular complexity index is 865. The molecule has 112 valence electrons. The summed E-state index contributed by atoms with van der Waals surface area (Å²) in [7, 11) is 5.53. The predicted molar refractivity (Wildman–Crippen MR) is 91.4 cm³/mol. The first-order chi connectivity index (χ1) is 10.5. The molecule has 0 unspecified atom stereocenters. The third kappa shape index (κ3) is 2.38. The van der Waals surface area contributed by atoms with Gasteiger partial charge in [0, 0.05) is 53.9 Å². The minimum atomic E-state index is -0.00103. The summed E-state index contributed by atoms with van der Waals surface area (Å²) in [6, 6.07) is 15.6. The van der Waals surface area contributed by atoms with Crippen LogP contribution in [-0.2, 0) is 7.05 Å². The minimum absolute atomic E-state index is 0.00103. The maximum absolute atomic E-state index is 12.4. The number of aryl methyl sites for hydroxylation is 1. The van der Waals surface area contributed by atoms with E-state index in [1.165, 1.54) is 0 Å². The van der Waals surface area contributed by atoms with E-state index < -0.39 is 0 Å². The molecule has 22 heavy (non-hydrogen) atoms. The normalized spacial score (nSPS) is 10.9. The van der Waals surface area contributed by atoms with Gasteiger partial charge in [-0.1, -0.05) is 29.8 Å². The van der Waals surface area contributed by atoms with Gasteiger partial charge in [-0.05, 0) is 30.3 Å². The lowest BCUT2D eigenvalue weighted by Gasteiger charge is -2.14. The monoisotopic (exact) mass is 312 g/mol. The minimum Gasteiger partial charge on any atom is -0.345 e. The predicted octanol–water partition coefficient (Wildman–Crippen LogP) is 4.20. The van der Waals surface area contributed by atoms with Gasteiger partial charge in [-0.2, -0.15) is 0 Å². The molecule has 1 heterocycles. The zero-order valence-electron chi connectivity index (χ0n) is 12.8. The lowest BCUT2D eigenvalue weighted by Crippen LogP contribution is -2.22. The largest absolute Gasteiger partial charge is 0.345 e. The van der Waals surface area contributed by atoms with E-state index in [1.807, 2.05) is 49.5 Å². The second-order valence-electron chi connectivity index (χ2n) is 5.54. The topological polar surface area (TPSA) is 25.2 Å². The molecule has 0 atom stereocenters. The van der Waals surface area contributed by atoms with Crippen molar-refractivity contribution in [3.8, 4) is 11.3 Å². The highest BCUT2D eigenvalue weighted by molar-refractivity contribution is 6.31. The molecule has 3 rings (SSSR count). The van der Waals surface area contributed by atoms with Crippen LogP contribution in [0.4, 0.5) is 0 Å². The number of hydrogen-bond donors (Lipinski definition) is 0. The number of fused-ring (bicyclic) bond motifs is 1. The Kier molecular flexibility index (Phi) is 3.67. The summed E-state index contributed by atoms with van der Waals surface area (Å²) in [5, 5.41) is 1.78. The maximum atomic E-state index is 12.4. The van der Waals surface area contributed by atoms with Crippen molar-refractivity contribution >= 4 is 28.4 Å². The number of rotatable bonds is 2. The molecular weight excluding hydrogens is 296 g/mol. The molecule has 0 aliphatic heterocycles. The molecule has 1 aromatic heterocycles. The van der Waals surface area contributed by atoms with Gasteiger partial charge in [-0.25, -0.2) is 0 Å². The third-order valence-corrected chi connectivity index (χ3v) is 4.08. The highest BCUT2D eigenvalue weighted by Gasteiger charge is 2.17. The van der Waals surface area contributed by atoms with E-state index in [1.54, 1.807) is 19.0 Å². The van der Waals surface area contributed by atoms with Gasteiger partial charge in [0.1, 0.15) is 0 Å². The fourth-order valence-corrected chi connectivity index (χ4v) is 2.89. The highest BCUT2D eigenvalue weighted by atomic mass is 35.5. The smallest absolute Gasteiger partial charge is 0.254 e. The Labute approximate surface area is 134 Å². The zero-order chi connectivity index (χ0) is 15.9. The molecule has 2 aromatic carbocycles. The molecule has 0 fully saturated rings. The van der Waals surface area contributed by atoms with Crippen molar-refractivity contribution in [1.29, 1.82) is 0 Å². The van der Waals surface area contributed by atoms with Crippen LogP contribution in [0.5, 0.6) is 0 Å². The molecule has 4 heteroatoms. The molecule has 0 aliphatic carbocycles. The van der Waals surface area contributed by atoms with E-state index in [-0.39, 0.29) is 5.91 Å². The van der Waals surface area contributed by atoms with Crippen molar-refractivity contribution in [3.63, 3.8) is 0 Å². The number of carbonyl (C=O) groups excluding carboxylic acids is 1. The molecular formula is C18H17ClN2O. The average Bonchev–Trinajstić information content (AvgIpc) is 2.82. The lowest BCUT2D eigenvalue weighted by molar-refractivity contribution is 0.0828. The van der Waals surface area contributed by atoms with Gasteiger partial charge >= 0.3 is 0 Å². The summed E-state index contributed by atoms with van der Waals surface area (Å²) in [6.07, 6.45) is 0. The van der Waals surface area contributed by atoms with Crippen LogP contribution in [0.3, 0.4) is 0 Å². The summed E-state index contributed by atoms with van der Waals surface area (Å²) in [5.74, 6) is -0.00103. The van der Waals surface area contributed by atoms with Gasteiger partial charge in [0.25, 0.3) is 5.91 Å². The second kappa shape index (κ2) is 5.50. The number of halogens is 1. The molecule has 0 saturated heterocycles. The number of benzene rings is 2. The van der Waals surface area contributed by atoms with E-state index in [9.17, 15) is 4.79 Å². The Balaban J connectivity index is 2.24. The quantitative estimate of drug-likeness (QED) is 0.696. The Morgan fingerprint density at radius 2 is 1.82 bits per heavy atom. The number of aromatic nitrogens is 1.